The summed E-state index contributed by atoms with van der Waals surface area (Å²) in [5.74, 6) is 0.00953. The molecule has 31 heavy (non-hydrogen) atoms. The fraction of sp³-hybridized carbons (Fsp3) is 0.435. The van der Waals surface area contributed by atoms with Gasteiger partial charge in [-0.05, 0) is 80.5 Å². The minimum absolute atomic E-state index is 0.0715. The number of halogens is 2. The van der Waals surface area contributed by atoms with Crippen LogP contribution in [0.5, 0.6) is 0 Å². The molecule has 5 nitrogen and oxygen atoms in total. The Bertz CT molecular complexity index is 987. The van der Waals surface area contributed by atoms with Gasteiger partial charge in [0, 0.05) is 22.0 Å². The topological polar surface area (TPSA) is 63.7 Å². The summed E-state index contributed by atoms with van der Waals surface area (Å²) in [5, 5.41) is 0. The number of sulfonamides is 1. The van der Waals surface area contributed by atoms with Crippen LogP contribution in [0.4, 0.5) is 0 Å². The number of hydrogen-bond acceptors (Lipinski definition) is 4. The molecular weight excluding hydrogens is 546 g/mol. The molecule has 168 valence electrons. The van der Waals surface area contributed by atoms with Crippen molar-refractivity contribution in [3.8, 4) is 0 Å². The Morgan fingerprint density at radius 2 is 1.71 bits per heavy atom. The normalized spacial score (nSPS) is 19.4. The van der Waals surface area contributed by atoms with Crippen molar-refractivity contribution >= 4 is 47.9 Å². The second-order valence-corrected chi connectivity index (χ2v) is 11.6. The van der Waals surface area contributed by atoms with Gasteiger partial charge in [-0.15, -0.1) is 0 Å². The lowest BCUT2D eigenvalue weighted by molar-refractivity contribution is -0.149. The van der Waals surface area contributed by atoms with Gasteiger partial charge in [-0.3, -0.25) is 4.79 Å². The molecule has 0 aromatic heterocycles. The van der Waals surface area contributed by atoms with Crippen LogP contribution in [0.15, 0.2) is 62.4 Å². The van der Waals surface area contributed by atoms with Gasteiger partial charge < -0.3 is 4.74 Å². The van der Waals surface area contributed by atoms with Crippen molar-refractivity contribution in [3.63, 3.8) is 0 Å². The fourth-order valence-corrected chi connectivity index (χ4v) is 6.19. The number of esters is 1. The molecule has 0 heterocycles. The van der Waals surface area contributed by atoms with Crippen LogP contribution >= 0.6 is 31.9 Å². The first kappa shape index (κ1) is 24.4. The van der Waals surface area contributed by atoms with Crippen molar-refractivity contribution in [2.75, 3.05) is 13.2 Å². The number of benzene rings is 2. The second kappa shape index (κ2) is 11.1. The lowest BCUT2D eigenvalue weighted by atomic mass is 9.82. The standard InChI is InChI=1S/C23H27Br2NO4S/c1-2-30-23(27)19-8-6-17(7-9-19)15-26(16-18-4-3-5-21(25)14-18)31(28,29)22-12-10-20(24)11-13-22/h3-5,10-14,17,19H,2,6-9,15-16H2,1H3. The molecule has 2 aromatic rings. The maximum absolute atomic E-state index is 13.5. The van der Waals surface area contributed by atoms with Gasteiger partial charge in [-0.25, -0.2) is 8.42 Å². The first-order valence-corrected chi connectivity index (χ1v) is 13.5. The van der Waals surface area contributed by atoms with Crippen LogP contribution in [-0.2, 0) is 26.1 Å². The Kier molecular flexibility index (Phi) is 8.73. The summed E-state index contributed by atoms with van der Waals surface area (Å²) in [7, 11) is -3.66. The van der Waals surface area contributed by atoms with Crippen LogP contribution in [0.1, 0.15) is 38.2 Å². The van der Waals surface area contributed by atoms with Crippen LogP contribution in [0, 0.1) is 11.8 Å². The van der Waals surface area contributed by atoms with E-state index >= 15 is 0 Å². The zero-order valence-corrected chi connectivity index (χ0v) is 21.5. The van der Waals surface area contributed by atoms with Crippen LogP contribution in [-0.4, -0.2) is 31.8 Å². The number of carbonyl (C=O) groups excluding carboxylic acids is 1. The lowest BCUT2D eigenvalue weighted by Gasteiger charge is -2.31. The Morgan fingerprint density at radius 1 is 1.03 bits per heavy atom. The fourth-order valence-electron chi connectivity index (χ4n) is 3.97. The Balaban J connectivity index is 1.78. The van der Waals surface area contributed by atoms with Crippen LogP contribution in [0.2, 0.25) is 0 Å². The van der Waals surface area contributed by atoms with Crippen LogP contribution < -0.4 is 0 Å². The third-order valence-electron chi connectivity index (χ3n) is 5.63. The smallest absolute Gasteiger partial charge is 0.308 e. The molecule has 0 atom stereocenters. The molecule has 0 amide bonds. The Labute approximate surface area is 201 Å². The molecule has 8 heteroatoms. The average molecular weight is 573 g/mol. The quantitative estimate of drug-likeness (QED) is 0.377. The highest BCUT2D eigenvalue weighted by Crippen LogP contribution is 2.32. The molecule has 0 unspecified atom stereocenters. The van der Waals surface area contributed by atoms with Gasteiger partial charge in [-0.1, -0.05) is 44.0 Å². The second-order valence-electron chi connectivity index (χ2n) is 7.85. The van der Waals surface area contributed by atoms with Crippen molar-refractivity contribution in [2.24, 2.45) is 11.8 Å². The van der Waals surface area contributed by atoms with Gasteiger partial charge in [0.05, 0.1) is 17.4 Å². The van der Waals surface area contributed by atoms with Gasteiger partial charge in [0.1, 0.15) is 0 Å². The molecule has 3 rings (SSSR count). The third kappa shape index (κ3) is 6.63. The van der Waals surface area contributed by atoms with Gasteiger partial charge >= 0.3 is 5.97 Å². The maximum Gasteiger partial charge on any atom is 0.308 e. The van der Waals surface area contributed by atoms with Gasteiger partial charge in [-0.2, -0.15) is 4.31 Å². The molecular formula is C23H27Br2NO4S. The minimum Gasteiger partial charge on any atom is -0.466 e. The summed E-state index contributed by atoms with van der Waals surface area (Å²) in [4.78, 5) is 12.3. The van der Waals surface area contributed by atoms with Gasteiger partial charge in [0.2, 0.25) is 10.0 Å². The Hall–Kier alpha value is -1.22. The molecule has 0 aliphatic heterocycles. The minimum atomic E-state index is -3.66. The molecule has 2 aromatic carbocycles. The van der Waals surface area contributed by atoms with Gasteiger partial charge in [0.25, 0.3) is 0 Å². The van der Waals surface area contributed by atoms with E-state index in [4.69, 9.17) is 4.74 Å². The van der Waals surface area contributed by atoms with Crippen LogP contribution in [0.3, 0.4) is 0 Å². The summed E-state index contributed by atoms with van der Waals surface area (Å²) < 4.78 is 35.5. The van der Waals surface area contributed by atoms with Gasteiger partial charge in [0.15, 0.2) is 0 Å². The van der Waals surface area contributed by atoms with E-state index in [0.29, 0.717) is 19.7 Å². The van der Waals surface area contributed by atoms with Crippen molar-refractivity contribution in [3.05, 3.63) is 63.0 Å². The third-order valence-corrected chi connectivity index (χ3v) is 8.48. The van der Waals surface area contributed by atoms with E-state index in [1.807, 2.05) is 31.2 Å². The highest BCUT2D eigenvalue weighted by atomic mass is 79.9. The van der Waals surface area contributed by atoms with E-state index < -0.39 is 10.0 Å². The molecule has 0 spiro atoms. The van der Waals surface area contributed by atoms with E-state index in [1.54, 1.807) is 28.6 Å². The van der Waals surface area contributed by atoms with Crippen LogP contribution in [0.25, 0.3) is 0 Å². The molecule has 1 aliphatic rings. The SMILES string of the molecule is CCOC(=O)C1CCC(CN(Cc2cccc(Br)c2)S(=O)(=O)c2ccc(Br)cc2)CC1. The number of nitrogens with zero attached hydrogens (tertiary/aromatic N) is 1. The van der Waals surface area contributed by atoms with E-state index in [9.17, 15) is 13.2 Å². The number of hydrogen-bond donors (Lipinski definition) is 0. The summed E-state index contributed by atoms with van der Waals surface area (Å²) in [6.45, 7) is 2.94. The van der Waals surface area contributed by atoms with Crippen molar-refractivity contribution in [2.45, 2.75) is 44.0 Å². The van der Waals surface area contributed by atoms with E-state index in [2.05, 4.69) is 31.9 Å². The molecule has 1 saturated carbocycles. The molecule has 1 fully saturated rings. The van der Waals surface area contributed by atoms with E-state index in [-0.39, 0.29) is 22.7 Å². The predicted molar refractivity (Wildman–Crippen MR) is 128 cm³/mol. The monoisotopic (exact) mass is 571 g/mol. The summed E-state index contributed by atoms with van der Waals surface area (Å²) in [6, 6.07) is 14.5. The average Bonchev–Trinajstić information content (AvgIpc) is 2.74. The summed E-state index contributed by atoms with van der Waals surface area (Å²) in [6.07, 6.45) is 3.11. The predicted octanol–water partition coefficient (Wildman–Crippen LogP) is 5.77. The van der Waals surface area contributed by atoms with E-state index in [1.165, 1.54) is 0 Å². The maximum atomic E-state index is 13.5. The highest BCUT2D eigenvalue weighted by Gasteiger charge is 2.32. The van der Waals surface area contributed by atoms with Crippen molar-refractivity contribution in [1.29, 1.82) is 0 Å². The number of ether oxygens (including phenoxy) is 1. The van der Waals surface area contributed by atoms with E-state index in [0.717, 1.165) is 40.2 Å². The molecule has 0 N–H and O–H groups in total. The molecule has 0 radical (unpaired) electrons. The molecule has 0 saturated heterocycles. The molecule has 1 aliphatic carbocycles. The molecule has 0 bridgehead atoms. The zero-order valence-electron chi connectivity index (χ0n) is 17.5. The first-order valence-electron chi connectivity index (χ1n) is 10.5. The highest BCUT2D eigenvalue weighted by molar-refractivity contribution is 9.10. The van der Waals surface area contributed by atoms with Crippen molar-refractivity contribution < 1.29 is 17.9 Å². The summed E-state index contributed by atoms with van der Waals surface area (Å²) in [5.41, 5.74) is 0.926. The Morgan fingerprint density at radius 3 is 2.32 bits per heavy atom. The first-order chi connectivity index (χ1) is 14.8. The van der Waals surface area contributed by atoms with Crippen molar-refractivity contribution in [1.82, 2.24) is 4.31 Å². The summed E-state index contributed by atoms with van der Waals surface area (Å²) >= 11 is 6.84. The number of rotatable bonds is 8. The largest absolute Gasteiger partial charge is 0.466 e. The lowest BCUT2D eigenvalue weighted by Crippen LogP contribution is -2.37. The zero-order chi connectivity index (χ0) is 22.4. The number of carbonyl (C=O) groups is 1.